The van der Waals surface area contributed by atoms with Gasteiger partial charge in [0.15, 0.2) is 0 Å². The van der Waals surface area contributed by atoms with E-state index >= 15 is 0 Å². The van der Waals surface area contributed by atoms with Gasteiger partial charge in [0.05, 0.1) is 15.9 Å². The van der Waals surface area contributed by atoms with E-state index in [1.165, 1.54) is 4.31 Å². The van der Waals surface area contributed by atoms with Crippen molar-refractivity contribution in [1.29, 1.82) is 0 Å². The molecule has 0 radical (unpaired) electrons. The van der Waals surface area contributed by atoms with Gasteiger partial charge in [-0.25, -0.2) is 8.42 Å². The molecular weight excluding hydrogens is 280 g/mol. The van der Waals surface area contributed by atoms with Crippen molar-refractivity contribution in [1.82, 2.24) is 4.98 Å². The van der Waals surface area contributed by atoms with Gasteiger partial charge in [-0.2, -0.15) is 0 Å². The van der Waals surface area contributed by atoms with Crippen LogP contribution in [0.15, 0.2) is 22.9 Å². The van der Waals surface area contributed by atoms with Gasteiger partial charge >= 0.3 is 0 Å². The predicted molar refractivity (Wildman–Crippen MR) is 62.3 cm³/mol. The van der Waals surface area contributed by atoms with Crippen LogP contribution in [0.2, 0.25) is 0 Å². The monoisotopic (exact) mass is 290 g/mol. The molecule has 1 aliphatic heterocycles. The summed E-state index contributed by atoms with van der Waals surface area (Å²) in [5, 5.41) is 0. The zero-order valence-corrected chi connectivity index (χ0v) is 10.5. The van der Waals surface area contributed by atoms with Gasteiger partial charge in [0, 0.05) is 18.9 Å². The average Bonchev–Trinajstić information content (AvgIpc) is 2.19. The van der Waals surface area contributed by atoms with Gasteiger partial charge < -0.3 is 0 Å². The summed E-state index contributed by atoms with van der Waals surface area (Å²) in [5.41, 5.74) is 0.685. The van der Waals surface area contributed by atoms with Crippen LogP contribution < -0.4 is 4.31 Å². The number of pyridine rings is 1. The minimum absolute atomic E-state index is 0.238. The molecule has 2 rings (SSSR count). The van der Waals surface area contributed by atoms with E-state index in [2.05, 4.69) is 20.9 Å². The molecule has 82 valence electrons. The molecule has 15 heavy (non-hydrogen) atoms. The largest absolute Gasteiger partial charge is 0.269 e. The van der Waals surface area contributed by atoms with Crippen LogP contribution >= 0.6 is 15.9 Å². The Balaban J connectivity index is 2.42. The smallest absolute Gasteiger partial charge is 0.235 e. The van der Waals surface area contributed by atoms with Crippen LogP contribution in [-0.4, -0.2) is 25.7 Å². The van der Waals surface area contributed by atoms with Gasteiger partial charge in [-0.15, -0.1) is 0 Å². The minimum atomic E-state index is -3.12. The van der Waals surface area contributed by atoms with Crippen molar-refractivity contribution in [3.8, 4) is 0 Å². The average molecular weight is 291 g/mol. The van der Waals surface area contributed by atoms with Gasteiger partial charge in [0.2, 0.25) is 10.0 Å². The van der Waals surface area contributed by atoms with E-state index in [0.29, 0.717) is 12.2 Å². The summed E-state index contributed by atoms with van der Waals surface area (Å²) in [6.07, 6.45) is 4.87. The number of hydrogen-bond acceptors (Lipinski definition) is 3. The van der Waals surface area contributed by atoms with Crippen molar-refractivity contribution in [2.24, 2.45) is 0 Å². The van der Waals surface area contributed by atoms with Crippen LogP contribution in [-0.2, 0) is 10.0 Å². The molecule has 1 aromatic heterocycles. The molecule has 0 amide bonds. The molecule has 2 heterocycles. The second kappa shape index (κ2) is 4.09. The fourth-order valence-electron chi connectivity index (χ4n) is 1.63. The van der Waals surface area contributed by atoms with Crippen molar-refractivity contribution in [2.45, 2.75) is 12.8 Å². The highest BCUT2D eigenvalue weighted by atomic mass is 79.9. The molecule has 1 fully saturated rings. The summed E-state index contributed by atoms with van der Waals surface area (Å²) in [4.78, 5) is 3.92. The van der Waals surface area contributed by atoms with Crippen LogP contribution in [0, 0.1) is 0 Å². The predicted octanol–water partition coefficient (Wildman–Crippen LogP) is 1.77. The Hall–Kier alpha value is -0.620. The SMILES string of the molecule is O=S1(=O)CCCCN1c1ccncc1Br. The topological polar surface area (TPSA) is 50.3 Å². The number of hydrogen-bond donors (Lipinski definition) is 0. The fraction of sp³-hybridized carbons (Fsp3) is 0.444. The summed E-state index contributed by atoms with van der Waals surface area (Å²) in [7, 11) is -3.12. The third-order valence-electron chi connectivity index (χ3n) is 2.37. The maximum Gasteiger partial charge on any atom is 0.235 e. The minimum Gasteiger partial charge on any atom is -0.269 e. The summed E-state index contributed by atoms with van der Waals surface area (Å²) < 4.78 is 25.8. The number of rotatable bonds is 1. The molecule has 0 aliphatic carbocycles. The molecule has 0 N–H and O–H groups in total. The molecule has 0 spiro atoms. The van der Waals surface area contributed by atoms with E-state index in [0.717, 1.165) is 17.3 Å². The standard InChI is InChI=1S/C9H11BrN2O2S/c10-8-7-11-4-3-9(8)12-5-1-2-6-15(12,13)14/h3-4,7H,1-2,5-6H2. The Morgan fingerprint density at radius 1 is 1.40 bits per heavy atom. The number of anilines is 1. The van der Waals surface area contributed by atoms with Crippen LogP contribution in [0.3, 0.4) is 0 Å². The van der Waals surface area contributed by atoms with E-state index in [-0.39, 0.29) is 5.75 Å². The molecule has 0 unspecified atom stereocenters. The number of nitrogens with zero attached hydrogens (tertiary/aromatic N) is 2. The lowest BCUT2D eigenvalue weighted by Gasteiger charge is -2.28. The van der Waals surface area contributed by atoms with E-state index in [9.17, 15) is 8.42 Å². The Kier molecular flexibility index (Phi) is 2.97. The van der Waals surface area contributed by atoms with Gasteiger partial charge in [-0.1, -0.05) is 0 Å². The quantitative estimate of drug-likeness (QED) is 0.792. The summed E-state index contributed by atoms with van der Waals surface area (Å²) in [5.74, 6) is 0.238. The van der Waals surface area contributed by atoms with Gasteiger partial charge in [0.25, 0.3) is 0 Å². The highest BCUT2D eigenvalue weighted by molar-refractivity contribution is 9.10. The van der Waals surface area contributed by atoms with Crippen molar-refractivity contribution < 1.29 is 8.42 Å². The zero-order chi connectivity index (χ0) is 10.9. The van der Waals surface area contributed by atoms with Crippen LogP contribution in [0.5, 0.6) is 0 Å². The first-order valence-corrected chi connectivity index (χ1v) is 7.11. The lowest BCUT2D eigenvalue weighted by Crippen LogP contribution is -2.38. The highest BCUT2D eigenvalue weighted by Crippen LogP contribution is 2.29. The van der Waals surface area contributed by atoms with Crippen LogP contribution in [0.4, 0.5) is 5.69 Å². The summed E-state index contributed by atoms with van der Waals surface area (Å²) in [6.45, 7) is 0.560. The van der Waals surface area contributed by atoms with E-state index in [4.69, 9.17) is 0 Å². The first-order chi connectivity index (χ1) is 7.11. The normalized spacial score (nSPS) is 20.2. The Morgan fingerprint density at radius 3 is 2.87 bits per heavy atom. The second-order valence-electron chi connectivity index (χ2n) is 3.42. The maximum absolute atomic E-state index is 11.8. The van der Waals surface area contributed by atoms with Crippen LogP contribution in [0.25, 0.3) is 0 Å². The first kappa shape index (κ1) is 10.9. The fourth-order valence-corrected chi connectivity index (χ4v) is 3.87. The molecule has 0 saturated carbocycles. The van der Waals surface area contributed by atoms with Gasteiger partial charge in [-0.3, -0.25) is 9.29 Å². The summed E-state index contributed by atoms with van der Waals surface area (Å²) >= 11 is 3.31. The van der Waals surface area contributed by atoms with Gasteiger partial charge in [-0.05, 0) is 34.8 Å². The highest BCUT2D eigenvalue weighted by Gasteiger charge is 2.27. The number of aromatic nitrogens is 1. The Labute approximate surface area is 97.5 Å². The Morgan fingerprint density at radius 2 is 2.20 bits per heavy atom. The van der Waals surface area contributed by atoms with Crippen molar-refractivity contribution >= 4 is 31.6 Å². The van der Waals surface area contributed by atoms with Crippen molar-refractivity contribution in [2.75, 3.05) is 16.6 Å². The molecule has 0 bridgehead atoms. The summed E-state index contributed by atoms with van der Waals surface area (Å²) in [6, 6.07) is 1.72. The molecule has 1 saturated heterocycles. The number of sulfonamides is 1. The third kappa shape index (κ3) is 2.15. The molecule has 1 aliphatic rings. The van der Waals surface area contributed by atoms with Gasteiger partial charge in [0.1, 0.15) is 0 Å². The van der Waals surface area contributed by atoms with Crippen molar-refractivity contribution in [3.63, 3.8) is 0 Å². The molecular formula is C9H11BrN2O2S. The first-order valence-electron chi connectivity index (χ1n) is 4.71. The van der Waals surface area contributed by atoms with Crippen LogP contribution in [0.1, 0.15) is 12.8 Å². The lowest BCUT2D eigenvalue weighted by molar-refractivity contribution is 0.574. The second-order valence-corrected chi connectivity index (χ2v) is 6.29. The molecule has 4 nitrogen and oxygen atoms in total. The zero-order valence-electron chi connectivity index (χ0n) is 8.06. The number of halogens is 1. The molecule has 1 aromatic rings. The molecule has 6 heteroatoms. The third-order valence-corrected chi connectivity index (χ3v) is 4.84. The maximum atomic E-state index is 11.8. The molecule has 0 aromatic carbocycles. The van der Waals surface area contributed by atoms with E-state index < -0.39 is 10.0 Å². The van der Waals surface area contributed by atoms with Crippen molar-refractivity contribution in [3.05, 3.63) is 22.9 Å². The van der Waals surface area contributed by atoms with E-state index in [1.807, 2.05) is 0 Å². The molecule has 0 atom stereocenters. The lowest BCUT2D eigenvalue weighted by atomic mass is 10.3. The van der Waals surface area contributed by atoms with E-state index in [1.54, 1.807) is 18.5 Å². The Bertz CT molecular complexity index is 461.